The number of carbonyl (C=O) groups is 2. The fraction of sp³-hybridized carbons (Fsp3) is 0.417. The zero-order chi connectivity index (χ0) is 21.9. The fourth-order valence-corrected chi connectivity index (χ4v) is 3.82. The number of nitrogens with one attached hydrogen (secondary N) is 1. The monoisotopic (exact) mass is 430 g/mol. The summed E-state index contributed by atoms with van der Waals surface area (Å²) in [5, 5.41) is 2.87. The van der Waals surface area contributed by atoms with E-state index in [-0.39, 0.29) is 29.9 Å². The van der Waals surface area contributed by atoms with Crippen LogP contribution in [0, 0.1) is 12.7 Å². The quantitative estimate of drug-likeness (QED) is 0.526. The predicted molar refractivity (Wildman–Crippen MR) is 122 cm³/mol. The number of benzene rings is 2. The molecule has 2 rings (SSSR count). The molecule has 6 heteroatoms. The molecule has 0 bridgehead atoms. The van der Waals surface area contributed by atoms with E-state index in [1.54, 1.807) is 25.1 Å². The Morgan fingerprint density at radius 3 is 2.50 bits per heavy atom. The first-order valence-corrected chi connectivity index (χ1v) is 11.5. The van der Waals surface area contributed by atoms with Gasteiger partial charge in [0.1, 0.15) is 11.9 Å². The smallest absolute Gasteiger partial charge is 0.242 e. The Hall–Kier alpha value is -2.34. The van der Waals surface area contributed by atoms with Crippen molar-refractivity contribution < 1.29 is 14.0 Å². The van der Waals surface area contributed by atoms with Crippen LogP contribution in [0.1, 0.15) is 43.4 Å². The molecule has 2 aromatic carbocycles. The number of nitrogens with zero attached hydrogens (tertiary/aromatic N) is 1. The maximum atomic E-state index is 14.2. The van der Waals surface area contributed by atoms with Crippen LogP contribution in [0.4, 0.5) is 4.39 Å². The van der Waals surface area contributed by atoms with Crippen LogP contribution >= 0.6 is 11.8 Å². The first kappa shape index (κ1) is 23.9. The van der Waals surface area contributed by atoms with E-state index in [4.69, 9.17) is 0 Å². The highest BCUT2D eigenvalue weighted by Crippen LogP contribution is 2.17. The fourth-order valence-electron chi connectivity index (χ4n) is 2.95. The third-order valence-corrected chi connectivity index (χ3v) is 5.90. The van der Waals surface area contributed by atoms with Gasteiger partial charge >= 0.3 is 0 Å². The van der Waals surface area contributed by atoms with Crippen molar-refractivity contribution in [3.05, 3.63) is 71.0 Å². The summed E-state index contributed by atoms with van der Waals surface area (Å²) in [6.45, 7) is 6.43. The Labute approximate surface area is 183 Å². The van der Waals surface area contributed by atoms with Crippen LogP contribution < -0.4 is 5.32 Å². The van der Waals surface area contributed by atoms with E-state index in [2.05, 4.69) is 12.2 Å². The van der Waals surface area contributed by atoms with Crippen LogP contribution in [0.5, 0.6) is 0 Å². The molecular formula is C24H31FN2O2S. The van der Waals surface area contributed by atoms with Crippen LogP contribution in [0.2, 0.25) is 0 Å². The van der Waals surface area contributed by atoms with Crippen LogP contribution in [-0.2, 0) is 21.9 Å². The number of halogens is 1. The molecule has 0 unspecified atom stereocenters. The van der Waals surface area contributed by atoms with Gasteiger partial charge in [0, 0.05) is 24.4 Å². The summed E-state index contributed by atoms with van der Waals surface area (Å²) < 4.78 is 14.2. The van der Waals surface area contributed by atoms with Crippen molar-refractivity contribution in [2.45, 2.75) is 52.0 Å². The number of rotatable bonds is 11. The first-order valence-electron chi connectivity index (χ1n) is 10.4. The molecule has 30 heavy (non-hydrogen) atoms. The van der Waals surface area contributed by atoms with Gasteiger partial charge in [0.15, 0.2) is 0 Å². The number of aryl methyl sites for hydroxylation is 1. The van der Waals surface area contributed by atoms with Crippen molar-refractivity contribution in [3.63, 3.8) is 0 Å². The lowest BCUT2D eigenvalue weighted by Crippen LogP contribution is -2.48. The Kier molecular flexibility index (Phi) is 9.87. The minimum absolute atomic E-state index is 0.0684. The lowest BCUT2D eigenvalue weighted by atomic mass is 10.1. The van der Waals surface area contributed by atoms with E-state index in [0.717, 1.165) is 18.4 Å². The van der Waals surface area contributed by atoms with E-state index in [9.17, 15) is 14.0 Å². The van der Waals surface area contributed by atoms with Gasteiger partial charge in [-0.15, -0.1) is 11.8 Å². The molecule has 0 aliphatic heterocycles. The number of amides is 2. The molecule has 4 nitrogen and oxygen atoms in total. The largest absolute Gasteiger partial charge is 0.354 e. The van der Waals surface area contributed by atoms with Gasteiger partial charge < -0.3 is 10.2 Å². The summed E-state index contributed by atoms with van der Waals surface area (Å²) in [6, 6.07) is 13.9. The molecule has 0 radical (unpaired) electrons. The van der Waals surface area contributed by atoms with Crippen LogP contribution in [0.15, 0.2) is 48.5 Å². The molecule has 0 saturated heterocycles. The zero-order valence-electron chi connectivity index (χ0n) is 18.0. The van der Waals surface area contributed by atoms with Gasteiger partial charge in [0.2, 0.25) is 11.8 Å². The molecule has 0 aromatic heterocycles. The van der Waals surface area contributed by atoms with Gasteiger partial charge in [-0.1, -0.05) is 61.4 Å². The van der Waals surface area contributed by atoms with E-state index in [1.807, 2.05) is 31.2 Å². The average Bonchev–Trinajstić information content (AvgIpc) is 2.74. The summed E-state index contributed by atoms with van der Waals surface area (Å²) in [5.74, 6) is 0.178. The second-order valence-corrected chi connectivity index (χ2v) is 8.40. The normalized spacial score (nSPS) is 11.7. The standard InChI is InChI=1S/C24H31FN2O2S/c1-4-5-14-26-24(29)19(3)27(15-21-8-6-7-9-22(21)25)23(28)17-30-16-20-12-10-18(2)11-13-20/h6-13,19H,4-5,14-17H2,1-3H3,(H,26,29)/t19-/m1/s1. The number of carbonyl (C=O) groups excluding carboxylic acids is 2. The summed E-state index contributed by atoms with van der Waals surface area (Å²) in [5.41, 5.74) is 2.74. The van der Waals surface area contributed by atoms with Gasteiger partial charge in [-0.2, -0.15) is 0 Å². The van der Waals surface area contributed by atoms with E-state index in [0.29, 0.717) is 17.9 Å². The van der Waals surface area contributed by atoms with E-state index >= 15 is 0 Å². The van der Waals surface area contributed by atoms with Gasteiger partial charge in [0.25, 0.3) is 0 Å². The molecule has 0 fully saturated rings. The molecule has 162 valence electrons. The van der Waals surface area contributed by atoms with Crippen molar-refractivity contribution >= 4 is 23.6 Å². The van der Waals surface area contributed by atoms with Crippen molar-refractivity contribution in [2.24, 2.45) is 0 Å². The number of hydrogen-bond donors (Lipinski definition) is 1. The predicted octanol–water partition coefficient (Wildman–Crippen LogP) is 4.70. The third-order valence-electron chi connectivity index (χ3n) is 4.91. The molecule has 2 aromatic rings. The van der Waals surface area contributed by atoms with Gasteiger partial charge in [-0.25, -0.2) is 4.39 Å². The second-order valence-electron chi connectivity index (χ2n) is 7.41. The topological polar surface area (TPSA) is 49.4 Å². The SMILES string of the molecule is CCCCNC(=O)[C@@H](C)N(Cc1ccccc1F)C(=O)CSCc1ccc(C)cc1. The zero-order valence-corrected chi connectivity index (χ0v) is 18.8. The van der Waals surface area contributed by atoms with Crippen LogP contribution in [0.25, 0.3) is 0 Å². The highest BCUT2D eigenvalue weighted by molar-refractivity contribution is 7.99. The number of unbranched alkanes of at least 4 members (excludes halogenated alkanes) is 1. The lowest BCUT2D eigenvalue weighted by molar-refractivity contribution is -0.138. The highest BCUT2D eigenvalue weighted by Gasteiger charge is 2.26. The second kappa shape index (κ2) is 12.4. The molecular weight excluding hydrogens is 399 g/mol. The minimum Gasteiger partial charge on any atom is -0.354 e. The average molecular weight is 431 g/mol. The Morgan fingerprint density at radius 2 is 1.83 bits per heavy atom. The van der Waals surface area contributed by atoms with Gasteiger partial charge in [-0.3, -0.25) is 9.59 Å². The lowest BCUT2D eigenvalue weighted by Gasteiger charge is -2.29. The van der Waals surface area contributed by atoms with Crippen molar-refractivity contribution in [1.82, 2.24) is 10.2 Å². The molecule has 0 heterocycles. The molecule has 0 saturated carbocycles. The summed E-state index contributed by atoms with van der Waals surface area (Å²) in [6.07, 6.45) is 1.86. The molecule has 2 amide bonds. The minimum atomic E-state index is -0.672. The first-order chi connectivity index (χ1) is 14.4. The van der Waals surface area contributed by atoms with Gasteiger partial charge in [-0.05, 0) is 31.9 Å². The van der Waals surface area contributed by atoms with E-state index < -0.39 is 6.04 Å². The van der Waals surface area contributed by atoms with Crippen LogP contribution in [0.3, 0.4) is 0 Å². The molecule has 1 atom stereocenters. The third kappa shape index (κ3) is 7.48. The maximum Gasteiger partial charge on any atom is 0.242 e. The van der Waals surface area contributed by atoms with E-state index in [1.165, 1.54) is 28.3 Å². The molecule has 0 aliphatic rings. The van der Waals surface area contributed by atoms with Crippen LogP contribution in [-0.4, -0.2) is 35.1 Å². The summed E-state index contributed by atoms with van der Waals surface area (Å²) in [4.78, 5) is 27.0. The highest BCUT2D eigenvalue weighted by atomic mass is 32.2. The molecule has 1 N–H and O–H groups in total. The summed E-state index contributed by atoms with van der Waals surface area (Å²) >= 11 is 1.50. The Morgan fingerprint density at radius 1 is 1.13 bits per heavy atom. The molecule has 0 spiro atoms. The Bertz CT molecular complexity index is 826. The van der Waals surface area contributed by atoms with Crippen molar-refractivity contribution in [1.29, 1.82) is 0 Å². The maximum absolute atomic E-state index is 14.2. The van der Waals surface area contributed by atoms with Crippen molar-refractivity contribution in [3.8, 4) is 0 Å². The van der Waals surface area contributed by atoms with Crippen molar-refractivity contribution in [2.75, 3.05) is 12.3 Å². The molecule has 0 aliphatic carbocycles. The Balaban J connectivity index is 2.04. The summed E-state index contributed by atoms with van der Waals surface area (Å²) in [7, 11) is 0. The number of thioether (sulfide) groups is 1. The van der Waals surface area contributed by atoms with Gasteiger partial charge in [0.05, 0.1) is 5.75 Å². The number of hydrogen-bond acceptors (Lipinski definition) is 3.